The molecule has 0 spiro atoms. The molecule has 126 valence electrons. The van der Waals surface area contributed by atoms with Crippen LogP contribution in [-0.2, 0) is 4.79 Å². The lowest BCUT2D eigenvalue weighted by Crippen LogP contribution is -2.42. The van der Waals surface area contributed by atoms with Gasteiger partial charge in [0, 0.05) is 18.5 Å². The average molecular weight is 341 g/mol. The number of amides is 1. The van der Waals surface area contributed by atoms with E-state index in [4.69, 9.17) is 10.7 Å². The fourth-order valence-corrected chi connectivity index (χ4v) is 4.61. The summed E-state index contributed by atoms with van der Waals surface area (Å²) < 4.78 is 1.19. The third-order valence-electron chi connectivity index (χ3n) is 5.14. The third kappa shape index (κ3) is 3.23. The van der Waals surface area contributed by atoms with Gasteiger partial charge in [-0.1, -0.05) is 24.3 Å². The van der Waals surface area contributed by atoms with Crippen LogP contribution in [0, 0.1) is 11.8 Å². The van der Waals surface area contributed by atoms with Crippen molar-refractivity contribution in [1.29, 1.82) is 0 Å². The molecule has 0 radical (unpaired) electrons. The van der Waals surface area contributed by atoms with E-state index in [-0.39, 0.29) is 23.8 Å². The fourth-order valence-electron chi connectivity index (χ4n) is 3.47. The topological polar surface area (TPSA) is 68.0 Å². The number of para-hydroxylation sites is 1. The van der Waals surface area contributed by atoms with Crippen molar-refractivity contribution < 1.29 is 4.79 Å². The monoisotopic (exact) mass is 341 g/mol. The summed E-state index contributed by atoms with van der Waals surface area (Å²) in [6.45, 7) is 0.594. The number of thiazole rings is 1. The number of aromatic nitrogens is 1. The van der Waals surface area contributed by atoms with Crippen molar-refractivity contribution in [2.24, 2.45) is 17.6 Å². The predicted octanol–water partition coefficient (Wildman–Crippen LogP) is 3.20. The summed E-state index contributed by atoms with van der Waals surface area (Å²) >= 11 is 1.71. The Morgan fingerprint density at radius 3 is 2.88 bits per heavy atom. The maximum atomic E-state index is 12.7. The van der Waals surface area contributed by atoms with E-state index in [2.05, 4.69) is 23.5 Å². The summed E-state index contributed by atoms with van der Waals surface area (Å²) in [5.74, 6) is 0.864. The number of allylic oxidation sites excluding steroid dienone is 2. The molecular formula is C19H23N3OS. The van der Waals surface area contributed by atoms with E-state index in [0.29, 0.717) is 12.5 Å². The Morgan fingerprint density at radius 1 is 1.29 bits per heavy atom. The molecule has 1 fully saturated rings. The van der Waals surface area contributed by atoms with Crippen molar-refractivity contribution in [2.45, 2.75) is 37.6 Å². The largest absolute Gasteiger partial charge is 0.354 e. The first-order valence-electron chi connectivity index (χ1n) is 8.76. The predicted molar refractivity (Wildman–Crippen MR) is 97.9 cm³/mol. The molecule has 2 aromatic rings. The SMILES string of the molecule is NC(CNC(=O)C1CC=CCC1c1nc2ccccc2s1)C1CC1. The number of rotatable bonds is 5. The molecule has 0 bridgehead atoms. The number of nitrogens with two attached hydrogens (primary N) is 1. The molecule has 1 aromatic carbocycles. The minimum absolute atomic E-state index is 0.0398. The Kier molecular flexibility index (Phi) is 4.37. The van der Waals surface area contributed by atoms with Crippen molar-refractivity contribution in [2.75, 3.05) is 6.54 Å². The highest BCUT2D eigenvalue weighted by Crippen LogP contribution is 2.38. The first-order valence-corrected chi connectivity index (χ1v) is 9.58. The number of fused-ring (bicyclic) bond motifs is 1. The highest BCUT2D eigenvalue weighted by atomic mass is 32.1. The molecule has 0 aliphatic heterocycles. The zero-order valence-corrected chi connectivity index (χ0v) is 14.5. The van der Waals surface area contributed by atoms with E-state index in [1.807, 2.05) is 18.2 Å². The number of nitrogens with zero attached hydrogens (tertiary/aromatic N) is 1. The second-order valence-electron chi connectivity index (χ2n) is 6.92. The van der Waals surface area contributed by atoms with Crippen LogP contribution in [-0.4, -0.2) is 23.5 Å². The molecule has 5 heteroatoms. The Bertz CT molecular complexity index is 732. The highest BCUT2D eigenvalue weighted by molar-refractivity contribution is 7.18. The standard InChI is InChI=1S/C19H23N3OS/c20-15(12-9-10-12)11-21-18(23)13-5-1-2-6-14(13)19-22-16-7-3-4-8-17(16)24-19/h1-4,7-8,12-15H,5-6,9-11,20H2,(H,21,23). The van der Waals surface area contributed by atoms with E-state index in [9.17, 15) is 4.79 Å². The fraction of sp³-hybridized carbons (Fsp3) is 0.474. The van der Waals surface area contributed by atoms with Crippen LogP contribution in [0.4, 0.5) is 0 Å². The molecule has 2 aliphatic rings. The minimum Gasteiger partial charge on any atom is -0.354 e. The van der Waals surface area contributed by atoms with Crippen LogP contribution in [0.5, 0.6) is 0 Å². The van der Waals surface area contributed by atoms with E-state index in [1.165, 1.54) is 17.5 Å². The lowest BCUT2D eigenvalue weighted by Gasteiger charge is -2.26. The third-order valence-corrected chi connectivity index (χ3v) is 6.30. The first kappa shape index (κ1) is 15.8. The summed E-state index contributed by atoms with van der Waals surface area (Å²) in [6.07, 6.45) is 8.37. The van der Waals surface area contributed by atoms with Crippen molar-refractivity contribution in [1.82, 2.24) is 10.3 Å². The number of hydrogen-bond donors (Lipinski definition) is 2. The summed E-state index contributed by atoms with van der Waals surface area (Å²) in [5, 5.41) is 4.16. The van der Waals surface area contributed by atoms with Crippen molar-refractivity contribution >= 4 is 27.5 Å². The van der Waals surface area contributed by atoms with Crippen LogP contribution in [0.25, 0.3) is 10.2 Å². The average Bonchev–Trinajstić information content (AvgIpc) is 3.38. The number of carbonyl (C=O) groups excluding carboxylic acids is 1. The van der Waals surface area contributed by atoms with Gasteiger partial charge in [-0.3, -0.25) is 4.79 Å². The zero-order chi connectivity index (χ0) is 16.5. The molecule has 24 heavy (non-hydrogen) atoms. The Balaban J connectivity index is 1.49. The van der Waals surface area contributed by atoms with E-state index >= 15 is 0 Å². The van der Waals surface area contributed by atoms with Crippen LogP contribution in [0.1, 0.15) is 36.6 Å². The van der Waals surface area contributed by atoms with Gasteiger partial charge in [0.15, 0.2) is 0 Å². The van der Waals surface area contributed by atoms with Gasteiger partial charge in [0.2, 0.25) is 5.91 Å². The maximum Gasteiger partial charge on any atom is 0.224 e. The molecule has 3 unspecified atom stereocenters. The summed E-state index contributed by atoms with van der Waals surface area (Å²) in [4.78, 5) is 17.5. The van der Waals surface area contributed by atoms with Gasteiger partial charge in [-0.25, -0.2) is 4.98 Å². The number of nitrogens with one attached hydrogen (secondary N) is 1. The molecule has 4 nitrogen and oxygen atoms in total. The van der Waals surface area contributed by atoms with Crippen LogP contribution in [0.3, 0.4) is 0 Å². The Hall–Kier alpha value is -1.72. The molecule has 0 saturated heterocycles. The number of hydrogen-bond acceptors (Lipinski definition) is 4. The molecule has 2 aliphatic carbocycles. The van der Waals surface area contributed by atoms with Crippen molar-refractivity contribution in [3.63, 3.8) is 0 Å². The van der Waals surface area contributed by atoms with Gasteiger partial charge >= 0.3 is 0 Å². The van der Waals surface area contributed by atoms with Gasteiger partial charge in [0.25, 0.3) is 0 Å². The van der Waals surface area contributed by atoms with Crippen LogP contribution in [0.2, 0.25) is 0 Å². The number of benzene rings is 1. The number of carbonyl (C=O) groups is 1. The second kappa shape index (κ2) is 6.65. The van der Waals surface area contributed by atoms with E-state index in [0.717, 1.165) is 23.4 Å². The maximum absolute atomic E-state index is 12.7. The summed E-state index contributed by atoms with van der Waals surface area (Å²) in [6, 6.07) is 8.29. The van der Waals surface area contributed by atoms with Crippen LogP contribution in [0.15, 0.2) is 36.4 Å². The second-order valence-corrected chi connectivity index (χ2v) is 7.98. The molecule has 1 aromatic heterocycles. The molecule has 3 atom stereocenters. The molecule has 1 heterocycles. The normalized spacial score (nSPS) is 24.9. The lowest BCUT2D eigenvalue weighted by atomic mass is 9.82. The molecule has 4 rings (SSSR count). The van der Waals surface area contributed by atoms with Crippen LogP contribution >= 0.6 is 11.3 Å². The quantitative estimate of drug-likeness (QED) is 0.821. The van der Waals surface area contributed by atoms with E-state index < -0.39 is 0 Å². The molecule has 1 saturated carbocycles. The molecule has 1 amide bonds. The lowest BCUT2D eigenvalue weighted by molar-refractivity contribution is -0.125. The first-order chi connectivity index (χ1) is 11.7. The Morgan fingerprint density at radius 2 is 2.08 bits per heavy atom. The Labute approximate surface area is 146 Å². The van der Waals surface area contributed by atoms with Gasteiger partial charge < -0.3 is 11.1 Å². The molecule has 3 N–H and O–H groups in total. The van der Waals surface area contributed by atoms with Gasteiger partial charge in [-0.05, 0) is 43.7 Å². The van der Waals surface area contributed by atoms with Crippen LogP contribution < -0.4 is 11.1 Å². The smallest absolute Gasteiger partial charge is 0.224 e. The van der Waals surface area contributed by atoms with E-state index in [1.54, 1.807) is 11.3 Å². The minimum atomic E-state index is -0.0398. The van der Waals surface area contributed by atoms with Crippen molar-refractivity contribution in [3.8, 4) is 0 Å². The molecular weight excluding hydrogens is 318 g/mol. The summed E-state index contributed by atoms with van der Waals surface area (Å²) in [7, 11) is 0. The van der Waals surface area contributed by atoms with Gasteiger partial charge in [-0.15, -0.1) is 11.3 Å². The summed E-state index contributed by atoms with van der Waals surface area (Å²) in [5.41, 5.74) is 7.14. The van der Waals surface area contributed by atoms with Gasteiger partial charge in [0.1, 0.15) is 0 Å². The van der Waals surface area contributed by atoms with Gasteiger partial charge in [0.05, 0.1) is 21.1 Å². The highest BCUT2D eigenvalue weighted by Gasteiger charge is 2.33. The zero-order valence-electron chi connectivity index (χ0n) is 13.7. The van der Waals surface area contributed by atoms with Crippen molar-refractivity contribution in [3.05, 3.63) is 41.4 Å². The van der Waals surface area contributed by atoms with Gasteiger partial charge in [-0.2, -0.15) is 0 Å².